The van der Waals surface area contributed by atoms with Crippen molar-refractivity contribution in [2.75, 3.05) is 11.5 Å². The Labute approximate surface area is 155 Å². The van der Waals surface area contributed by atoms with E-state index in [4.69, 9.17) is 4.74 Å². The minimum absolute atomic E-state index is 0.00235. The highest BCUT2D eigenvalue weighted by Gasteiger charge is 2.36. The molecule has 7 nitrogen and oxygen atoms in total. The van der Waals surface area contributed by atoms with Crippen LogP contribution in [0, 0.1) is 0 Å². The second-order valence-corrected chi connectivity index (χ2v) is 5.86. The minimum Gasteiger partial charge on any atom is -0.508 e. The lowest BCUT2D eigenvalue weighted by Gasteiger charge is -2.26. The second kappa shape index (κ2) is 7.74. The van der Waals surface area contributed by atoms with Crippen molar-refractivity contribution in [3.8, 4) is 11.5 Å². The first-order valence-electron chi connectivity index (χ1n) is 8.43. The summed E-state index contributed by atoms with van der Waals surface area (Å²) >= 11 is 0. The normalized spacial score (nSPS) is 15.8. The number of nitrogens with one attached hydrogen (secondary N) is 1. The molecule has 1 saturated heterocycles. The first kappa shape index (κ1) is 18.2. The first-order valence-corrected chi connectivity index (χ1v) is 8.43. The van der Waals surface area contributed by atoms with E-state index in [0.717, 1.165) is 11.3 Å². The molecule has 0 aliphatic carbocycles. The summed E-state index contributed by atoms with van der Waals surface area (Å²) in [6.45, 7) is 2.47. The second-order valence-electron chi connectivity index (χ2n) is 5.86. The van der Waals surface area contributed by atoms with E-state index < -0.39 is 17.8 Å². The number of hydrogen-bond acceptors (Lipinski definition) is 5. The zero-order chi connectivity index (χ0) is 19.4. The topological polar surface area (TPSA) is 95.9 Å². The predicted octanol–water partition coefficient (Wildman–Crippen LogP) is 2.85. The number of phenols is 1. The summed E-state index contributed by atoms with van der Waals surface area (Å²) < 4.78 is 5.65. The molecule has 2 aromatic rings. The number of anilines is 1. The van der Waals surface area contributed by atoms with E-state index in [2.05, 4.69) is 5.32 Å². The van der Waals surface area contributed by atoms with Gasteiger partial charge in [0.1, 0.15) is 17.1 Å². The molecule has 4 amide bonds. The van der Waals surface area contributed by atoms with Gasteiger partial charge in [-0.05, 0) is 42.8 Å². The van der Waals surface area contributed by atoms with Gasteiger partial charge in [-0.2, -0.15) is 0 Å². The molecule has 0 atom stereocenters. The number of hydrogen-bond donors (Lipinski definition) is 2. The maximum Gasteiger partial charge on any atom is 0.335 e. The predicted molar refractivity (Wildman–Crippen MR) is 99.3 cm³/mol. The largest absolute Gasteiger partial charge is 0.508 e. The van der Waals surface area contributed by atoms with Crippen LogP contribution in [0.5, 0.6) is 11.5 Å². The molecule has 1 aliphatic heterocycles. The van der Waals surface area contributed by atoms with Crippen LogP contribution < -0.4 is 15.0 Å². The number of amides is 4. The van der Waals surface area contributed by atoms with E-state index in [9.17, 15) is 19.5 Å². The number of ether oxygens (including phenoxy) is 1. The zero-order valence-corrected chi connectivity index (χ0v) is 14.6. The molecule has 1 heterocycles. The van der Waals surface area contributed by atoms with Crippen LogP contribution in [0.25, 0.3) is 6.08 Å². The van der Waals surface area contributed by atoms with Crippen LogP contribution in [0.3, 0.4) is 0 Å². The van der Waals surface area contributed by atoms with Gasteiger partial charge in [-0.1, -0.05) is 25.1 Å². The third kappa shape index (κ3) is 3.82. The zero-order valence-electron chi connectivity index (χ0n) is 14.6. The summed E-state index contributed by atoms with van der Waals surface area (Å²) in [5.41, 5.74) is 0.615. The SMILES string of the molecule is CCCOc1ccccc1/C=C1\C(=O)NC(=O)N(c2ccc(O)cc2)C1=O. The highest BCUT2D eigenvalue weighted by atomic mass is 16.5. The van der Waals surface area contributed by atoms with E-state index in [1.54, 1.807) is 24.3 Å². The Kier molecular flexibility index (Phi) is 5.21. The minimum atomic E-state index is -0.844. The van der Waals surface area contributed by atoms with Gasteiger partial charge in [-0.3, -0.25) is 14.9 Å². The maximum atomic E-state index is 12.8. The van der Waals surface area contributed by atoms with Crippen LogP contribution in [0.4, 0.5) is 10.5 Å². The molecular formula is C20H18N2O5. The number of nitrogens with zero attached hydrogens (tertiary/aromatic N) is 1. The lowest BCUT2D eigenvalue weighted by molar-refractivity contribution is -0.122. The molecule has 7 heteroatoms. The van der Waals surface area contributed by atoms with Gasteiger partial charge in [0.25, 0.3) is 11.8 Å². The lowest BCUT2D eigenvalue weighted by Crippen LogP contribution is -2.54. The number of urea groups is 1. The van der Waals surface area contributed by atoms with Gasteiger partial charge in [-0.25, -0.2) is 9.69 Å². The van der Waals surface area contributed by atoms with Gasteiger partial charge in [0.05, 0.1) is 12.3 Å². The van der Waals surface area contributed by atoms with Crippen LogP contribution in [-0.4, -0.2) is 29.6 Å². The maximum absolute atomic E-state index is 12.8. The third-order valence-corrected chi connectivity index (χ3v) is 3.89. The Morgan fingerprint density at radius 3 is 2.48 bits per heavy atom. The fourth-order valence-corrected chi connectivity index (χ4v) is 2.59. The number of phenolic OH excluding ortho intramolecular Hbond substituents is 1. The summed E-state index contributed by atoms with van der Waals surface area (Å²) in [5.74, 6) is -0.983. The number of rotatable bonds is 5. The van der Waals surface area contributed by atoms with Crippen molar-refractivity contribution in [2.45, 2.75) is 13.3 Å². The van der Waals surface area contributed by atoms with Crippen molar-refractivity contribution in [2.24, 2.45) is 0 Å². The van der Waals surface area contributed by atoms with Gasteiger partial charge in [0.15, 0.2) is 0 Å². The van der Waals surface area contributed by atoms with Gasteiger partial charge in [0.2, 0.25) is 0 Å². The smallest absolute Gasteiger partial charge is 0.335 e. The van der Waals surface area contributed by atoms with Gasteiger partial charge in [0, 0.05) is 5.56 Å². The molecule has 0 spiro atoms. The average Bonchev–Trinajstić information content (AvgIpc) is 2.65. The Hall–Kier alpha value is -3.61. The molecule has 0 radical (unpaired) electrons. The molecule has 2 N–H and O–H groups in total. The van der Waals surface area contributed by atoms with E-state index in [1.807, 2.05) is 6.92 Å². The van der Waals surface area contributed by atoms with Gasteiger partial charge >= 0.3 is 6.03 Å². The number of aromatic hydroxyl groups is 1. The summed E-state index contributed by atoms with van der Waals surface area (Å²) in [4.78, 5) is 38.1. The molecule has 2 aromatic carbocycles. The van der Waals surface area contributed by atoms with Crippen LogP contribution in [0.15, 0.2) is 54.1 Å². The molecule has 1 fully saturated rings. The molecule has 1 aliphatic rings. The Morgan fingerprint density at radius 2 is 1.78 bits per heavy atom. The Morgan fingerprint density at radius 1 is 1.07 bits per heavy atom. The summed E-state index contributed by atoms with van der Waals surface area (Å²) in [7, 11) is 0. The number of benzene rings is 2. The lowest BCUT2D eigenvalue weighted by atomic mass is 10.1. The van der Waals surface area contributed by atoms with E-state index in [0.29, 0.717) is 17.9 Å². The monoisotopic (exact) mass is 366 g/mol. The molecule has 27 heavy (non-hydrogen) atoms. The van der Waals surface area contributed by atoms with Crippen LogP contribution in [0.1, 0.15) is 18.9 Å². The van der Waals surface area contributed by atoms with Gasteiger partial charge < -0.3 is 9.84 Å². The van der Waals surface area contributed by atoms with E-state index in [-0.39, 0.29) is 17.0 Å². The van der Waals surface area contributed by atoms with Crippen molar-refractivity contribution in [1.82, 2.24) is 5.32 Å². The number of imide groups is 2. The van der Waals surface area contributed by atoms with Crippen molar-refractivity contribution in [1.29, 1.82) is 0 Å². The molecule has 3 rings (SSSR count). The number of para-hydroxylation sites is 1. The van der Waals surface area contributed by atoms with E-state index >= 15 is 0 Å². The van der Waals surface area contributed by atoms with Crippen molar-refractivity contribution >= 4 is 29.6 Å². The highest BCUT2D eigenvalue weighted by molar-refractivity contribution is 6.39. The standard InChI is InChI=1S/C20H18N2O5/c1-2-11-27-17-6-4-3-5-13(17)12-16-18(24)21-20(26)22(19(16)25)14-7-9-15(23)10-8-14/h3-10,12,23H,2,11H2,1H3,(H,21,24,26)/b16-12+. The number of carbonyl (C=O) groups is 3. The van der Waals surface area contributed by atoms with Crippen LogP contribution >= 0.6 is 0 Å². The number of carbonyl (C=O) groups excluding carboxylic acids is 3. The highest BCUT2D eigenvalue weighted by Crippen LogP contribution is 2.26. The first-order chi connectivity index (χ1) is 13.0. The quantitative estimate of drug-likeness (QED) is 0.627. The molecular weight excluding hydrogens is 348 g/mol. The molecule has 0 unspecified atom stereocenters. The average molecular weight is 366 g/mol. The Balaban J connectivity index is 1.99. The fourth-order valence-electron chi connectivity index (χ4n) is 2.59. The van der Waals surface area contributed by atoms with E-state index in [1.165, 1.54) is 30.3 Å². The van der Waals surface area contributed by atoms with Crippen LogP contribution in [0.2, 0.25) is 0 Å². The third-order valence-electron chi connectivity index (χ3n) is 3.89. The van der Waals surface area contributed by atoms with Crippen molar-refractivity contribution < 1.29 is 24.2 Å². The van der Waals surface area contributed by atoms with Crippen LogP contribution in [-0.2, 0) is 9.59 Å². The fraction of sp³-hybridized carbons (Fsp3) is 0.150. The number of barbiturate groups is 1. The summed E-state index contributed by atoms with van der Waals surface area (Å²) in [6.07, 6.45) is 2.22. The molecule has 0 saturated carbocycles. The van der Waals surface area contributed by atoms with Crippen molar-refractivity contribution in [3.05, 3.63) is 59.7 Å². The molecule has 0 aromatic heterocycles. The van der Waals surface area contributed by atoms with Crippen molar-refractivity contribution in [3.63, 3.8) is 0 Å². The molecule has 0 bridgehead atoms. The Bertz CT molecular complexity index is 918. The molecule has 138 valence electrons. The van der Waals surface area contributed by atoms with Gasteiger partial charge in [-0.15, -0.1) is 0 Å². The summed E-state index contributed by atoms with van der Waals surface area (Å²) in [5, 5.41) is 11.6. The summed E-state index contributed by atoms with van der Waals surface area (Å²) in [6, 6.07) is 11.7.